The summed E-state index contributed by atoms with van der Waals surface area (Å²) in [6, 6.07) is -0.195. The summed E-state index contributed by atoms with van der Waals surface area (Å²) < 4.78 is 10.0. The van der Waals surface area contributed by atoms with Crippen LogP contribution in [0.25, 0.3) is 0 Å². The Morgan fingerprint density at radius 2 is 1.90 bits per heavy atom. The number of hydrogen-bond acceptors (Lipinski definition) is 5. The van der Waals surface area contributed by atoms with E-state index in [2.05, 4.69) is 0 Å². The van der Waals surface area contributed by atoms with Crippen LogP contribution >= 0.6 is 0 Å². The number of carbonyl (C=O) groups excluding carboxylic acids is 2. The third kappa shape index (κ3) is 4.19. The van der Waals surface area contributed by atoms with Gasteiger partial charge in [0.15, 0.2) is 6.10 Å². The molecule has 2 atom stereocenters. The minimum absolute atomic E-state index is 0.151. The standard InChI is InChI=1S/C13H21NO6/c1-4-19-11(15)7-14(8(2)3)12(16)9-5-6-10(20-9)13(17)18/h8-10H,4-7H2,1-3H3,(H,17,18). The zero-order chi connectivity index (χ0) is 15.3. The summed E-state index contributed by atoms with van der Waals surface area (Å²) >= 11 is 0. The molecule has 0 aliphatic carbocycles. The molecule has 1 aliphatic rings. The Bertz CT molecular complexity index is 381. The van der Waals surface area contributed by atoms with Crippen molar-refractivity contribution in [2.75, 3.05) is 13.2 Å². The quantitative estimate of drug-likeness (QED) is 0.712. The molecule has 0 bridgehead atoms. The summed E-state index contributed by atoms with van der Waals surface area (Å²) in [6.45, 7) is 5.35. The summed E-state index contributed by atoms with van der Waals surface area (Å²) in [7, 11) is 0. The molecule has 1 aliphatic heterocycles. The van der Waals surface area contributed by atoms with Crippen molar-refractivity contribution in [2.45, 2.75) is 51.9 Å². The van der Waals surface area contributed by atoms with Crippen LogP contribution in [0.4, 0.5) is 0 Å². The Hall–Kier alpha value is -1.63. The van der Waals surface area contributed by atoms with Crippen molar-refractivity contribution in [3.8, 4) is 0 Å². The first-order chi connectivity index (χ1) is 9.36. The van der Waals surface area contributed by atoms with Crippen LogP contribution in [0.2, 0.25) is 0 Å². The zero-order valence-corrected chi connectivity index (χ0v) is 12.0. The number of nitrogens with zero attached hydrogens (tertiary/aromatic N) is 1. The van der Waals surface area contributed by atoms with Gasteiger partial charge in [-0.25, -0.2) is 4.79 Å². The van der Waals surface area contributed by atoms with E-state index in [0.29, 0.717) is 12.8 Å². The van der Waals surface area contributed by atoms with E-state index in [-0.39, 0.29) is 25.1 Å². The molecule has 1 fully saturated rings. The lowest BCUT2D eigenvalue weighted by molar-refractivity contribution is -0.159. The fourth-order valence-corrected chi connectivity index (χ4v) is 2.05. The van der Waals surface area contributed by atoms with Gasteiger partial charge in [-0.2, -0.15) is 0 Å². The van der Waals surface area contributed by atoms with Crippen LogP contribution in [0.1, 0.15) is 33.6 Å². The largest absolute Gasteiger partial charge is 0.479 e. The lowest BCUT2D eigenvalue weighted by Gasteiger charge is -2.28. The summed E-state index contributed by atoms with van der Waals surface area (Å²) in [5, 5.41) is 8.85. The molecule has 1 N–H and O–H groups in total. The number of esters is 1. The number of rotatable bonds is 6. The van der Waals surface area contributed by atoms with E-state index in [1.807, 2.05) is 0 Å². The van der Waals surface area contributed by atoms with Crippen LogP contribution in [0.3, 0.4) is 0 Å². The van der Waals surface area contributed by atoms with Gasteiger partial charge in [-0.05, 0) is 33.6 Å². The fourth-order valence-electron chi connectivity index (χ4n) is 2.05. The lowest BCUT2D eigenvalue weighted by Crippen LogP contribution is -2.46. The van der Waals surface area contributed by atoms with E-state index in [4.69, 9.17) is 14.6 Å². The summed E-state index contributed by atoms with van der Waals surface area (Å²) in [5.74, 6) is -1.92. The second kappa shape index (κ2) is 7.23. The maximum atomic E-state index is 12.3. The second-order valence-corrected chi connectivity index (χ2v) is 4.89. The summed E-state index contributed by atoms with van der Waals surface area (Å²) in [4.78, 5) is 36.0. The van der Waals surface area contributed by atoms with Gasteiger partial charge >= 0.3 is 11.9 Å². The highest BCUT2D eigenvalue weighted by Crippen LogP contribution is 2.22. The van der Waals surface area contributed by atoms with Gasteiger partial charge in [-0.3, -0.25) is 9.59 Å². The summed E-state index contributed by atoms with van der Waals surface area (Å²) in [5.41, 5.74) is 0. The molecular weight excluding hydrogens is 266 g/mol. The van der Waals surface area contributed by atoms with Gasteiger partial charge in [0.1, 0.15) is 12.6 Å². The van der Waals surface area contributed by atoms with Crippen LogP contribution in [0, 0.1) is 0 Å². The molecule has 1 saturated heterocycles. The average molecular weight is 287 g/mol. The number of aliphatic carboxylic acids is 1. The molecule has 0 aromatic heterocycles. The maximum absolute atomic E-state index is 12.3. The fraction of sp³-hybridized carbons (Fsp3) is 0.769. The third-order valence-corrected chi connectivity index (χ3v) is 3.08. The first-order valence-electron chi connectivity index (χ1n) is 6.71. The Morgan fingerprint density at radius 1 is 1.30 bits per heavy atom. The van der Waals surface area contributed by atoms with E-state index in [9.17, 15) is 14.4 Å². The molecule has 1 amide bonds. The summed E-state index contributed by atoms with van der Waals surface area (Å²) in [6.07, 6.45) is -1.09. The van der Waals surface area contributed by atoms with Crippen LogP contribution in [0.15, 0.2) is 0 Å². The van der Waals surface area contributed by atoms with Gasteiger partial charge in [0.05, 0.1) is 6.61 Å². The molecular formula is C13H21NO6. The molecule has 20 heavy (non-hydrogen) atoms. The van der Waals surface area contributed by atoms with E-state index >= 15 is 0 Å². The highest BCUT2D eigenvalue weighted by Gasteiger charge is 2.37. The molecule has 0 aromatic rings. The van der Waals surface area contributed by atoms with Gasteiger partial charge < -0.3 is 19.5 Å². The van der Waals surface area contributed by atoms with Crippen molar-refractivity contribution < 1.29 is 29.0 Å². The molecule has 0 spiro atoms. The van der Waals surface area contributed by atoms with E-state index < -0.39 is 24.1 Å². The molecule has 114 valence electrons. The monoisotopic (exact) mass is 287 g/mol. The minimum atomic E-state index is -1.07. The smallest absolute Gasteiger partial charge is 0.332 e. The van der Waals surface area contributed by atoms with Gasteiger partial charge in [0.25, 0.3) is 5.91 Å². The molecule has 0 radical (unpaired) electrons. The van der Waals surface area contributed by atoms with Crippen molar-refractivity contribution in [1.82, 2.24) is 4.90 Å². The highest BCUT2D eigenvalue weighted by molar-refractivity contribution is 5.86. The predicted octanol–water partition coefficient (Wildman–Crippen LogP) is 0.419. The number of amides is 1. The van der Waals surface area contributed by atoms with Crippen molar-refractivity contribution >= 4 is 17.8 Å². The second-order valence-electron chi connectivity index (χ2n) is 4.89. The third-order valence-electron chi connectivity index (χ3n) is 3.08. The van der Waals surface area contributed by atoms with Gasteiger partial charge in [-0.1, -0.05) is 0 Å². The molecule has 1 rings (SSSR count). The van der Waals surface area contributed by atoms with E-state index in [0.717, 1.165) is 0 Å². The van der Waals surface area contributed by atoms with Gasteiger partial charge in [0.2, 0.25) is 0 Å². The van der Waals surface area contributed by atoms with Crippen molar-refractivity contribution in [3.05, 3.63) is 0 Å². The Kier molecular flexibility index (Phi) is 5.94. The minimum Gasteiger partial charge on any atom is -0.479 e. The molecule has 0 saturated carbocycles. The van der Waals surface area contributed by atoms with Gasteiger partial charge in [0, 0.05) is 6.04 Å². The normalized spacial score (nSPS) is 21.8. The molecule has 1 heterocycles. The number of ether oxygens (including phenoxy) is 2. The van der Waals surface area contributed by atoms with Gasteiger partial charge in [-0.15, -0.1) is 0 Å². The maximum Gasteiger partial charge on any atom is 0.332 e. The average Bonchev–Trinajstić information content (AvgIpc) is 2.84. The molecule has 0 aromatic carbocycles. The highest BCUT2D eigenvalue weighted by atomic mass is 16.5. The van der Waals surface area contributed by atoms with Crippen molar-refractivity contribution in [2.24, 2.45) is 0 Å². The number of carboxylic acid groups (broad SMARTS) is 1. The van der Waals surface area contributed by atoms with E-state index in [1.165, 1.54) is 4.90 Å². The number of hydrogen-bond donors (Lipinski definition) is 1. The number of carboxylic acids is 1. The Morgan fingerprint density at radius 3 is 2.35 bits per heavy atom. The van der Waals surface area contributed by atoms with Crippen LogP contribution in [-0.2, 0) is 23.9 Å². The zero-order valence-electron chi connectivity index (χ0n) is 12.0. The first-order valence-corrected chi connectivity index (χ1v) is 6.71. The van der Waals surface area contributed by atoms with Crippen LogP contribution < -0.4 is 0 Å². The van der Waals surface area contributed by atoms with Crippen LogP contribution in [0.5, 0.6) is 0 Å². The Labute approximate surface area is 117 Å². The van der Waals surface area contributed by atoms with Crippen LogP contribution in [-0.4, -0.2) is 59.3 Å². The van der Waals surface area contributed by atoms with E-state index in [1.54, 1.807) is 20.8 Å². The predicted molar refractivity (Wildman–Crippen MR) is 69.0 cm³/mol. The lowest BCUT2D eigenvalue weighted by atomic mass is 10.1. The molecule has 7 heteroatoms. The first kappa shape index (κ1) is 16.4. The van der Waals surface area contributed by atoms with Crippen molar-refractivity contribution in [1.29, 1.82) is 0 Å². The SMILES string of the molecule is CCOC(=O)CN(C(=O)C1CCC(C(=O)O)O1)C(C)C. The molecule has 7 nitrogen and oxygen atoms in total. The topological polar surface area (TPSA) is 93.1 Å². The van der Waals surface area contributed by atoms with Crippen molar-refractivity contribution in [3.63, 3.8) is 0 Å². The molecule has 2 unspecified atom stereocenters. The Balaban J connectivity index is 2.65. The number of carbonyl (C=O) groups is 3.